The lowest BCUT2D eigenvalue weighted by atomic mass is 10.1. The molecule has 1 aromatic carbocycles. The molecule has 0 bridgehead atoms. The zero-order valence-electron chi connectivity index (χ0n) is 10.6. The van der Waals surface area contributed by atoms with E-state index < -0.39 is 0 Å². The average Bonchev–Trinajstić information content (AvgIpc) is 2.64. The highest BCUT2D eigenvalue weighted by Crippen LogP contribution is 2.41. The van der Waals surface area contributed by atoms with Gasteiger partial charge in [0, 0.05) is 24.7 Å². The smallest absolute Gasteiger partial charge is 0.0558 e. The van der Waals surface area contributed by atoms with Crippen molar-refractivity contribution in [2.75, 3.05) is 13.2 Å². The molecular formula is C14H22N2O. The summed E-state index contributed by atoms with van der Waals surface area (Å²) in [5, 5.41) is 9.19. The van der Waals surface area contributed by atoms with Crippen molar-refractivity contribution in [1.29, 1.82) is 0 Å². The van der Waals surface area contributed by atoms with Crippen LogP contribution in [0.4, 0.5) is 0 Å². The van der Waals surface area contributed by atoms with Crippen LogP contribution in [0.5, 0.6) is 0 Å². The van der Waals surface area contributed by atoms with E-state index in [1.165, 1.54) is 11.1 Å². The van der Waals surface area contributed by atoms with Gasteiger partial charge in [-0.1, -0.05) is 24.3 Å². The van der Waals surface area contributed by atoms with Crippen molar-refractivity contribution in [3.05, 3.63) is 35.4 Å². The predicted octanol–water partition coefficient (Wildman–Crippen LogP) is 1.83. The highest BCUT2D eigenvalue weighted by molar-refractivity contribution is 5.37. The third-order valence-corrected chi connectivity index (χ3v) is 3.65. The Balaban J connectivity index is 2.28. The minimum atomic E-state index is 0.135. The van der Waals surface area contributed by atoms with E-state index in [1.54, 1.807) is 0 Å². The van der Waals surface area contributed by atoms with Gasteiger partial charge in [0.1, 0.15) is 0 Å². The van der Waals surface area contributed by atoms with E-state index in [2.05, 4.69) is 36.9 Å². The van der Waals surface area contributed by atoms with Crippen LogP contribution in [-0.4, -0.2) is 29.2 Å². The highest BCUT2D eigenvalue weighted by Gasteiger charge is 2.33. The molecule has 3 nitrogen and oxygen atoms in total. The van der Waals surface area contributed by atoms with E-state index in [4.69, 9.17) is 5.73 Å². The zero-order chi connectivity index (χ0) is 12.4. The first-order valence-corrected chi connectivity index (χ1v) is 6.36. The van der Waals surface area contributed by atoms with Crippen LogP contribution < -0.4 is 5.73 Å². The maximum Gasteiger partial charge on any atom is 0.0558 e. The summed E-state index contributed by atoms with van der Waals surface area (Å²) in [5.74, 6) is 0. The van der Waals surface area contributed by atoms with Gasteiger partial charge in [0.25, 0.3) is 0 Å². The fourth-order valence-electron chi connectivity index (χ4n) is 2.85. The molecule has 0 radical (unpaired) electrons. The number of fused-ring (bicyclic) bond motifs is 1. The molecule has 0 aliphatic heterocycles. The monoisotopic (exact) mass is 234 g/mol. The number of hydrogen-bond donors (Lipinski definition) is 2. The van der Waals surface area contributed by atoms with Crippen LogP contribution >= 0.6 is 0 Å². The number of nitrogens with zero attached hydrogens (tertiary/aromatic N) is 1. The van der Waals surface area contributed by atoms with Crippen molar-refractivity contribution in [3.63, 3.8) is 0 Å². The molecule has 0 fully saturated rings. The van der Waals surface area contributed by atoms with Gasteiger partial charge >= 0.3 is 0 Å². The van der Waals surface area contributed by atoms with Crippen LogP contribution in [0.3, 0.4) is 0 Å². The molecular weight excluding hydrogens is 212 g/mol. The lowest BCUT2D eigenvalue weighted by Crippen LogP contribution is -2.36. The Labute approximate surface area is 103 Å². The second kappa shape index (κ2) is 5.17. The van der Waals surface area contributed by atoms with E-state index in [1.807, 2.05) is 6.07 Å². The lowest BCUT2D eigenvalue weighted by Gasteiger charge is -2.32. The molecule has 1 aromatic rings. The van der Waals surface area contributed by atoms with Gasteiger partial charge in [-0.05, 0) is 31.4 Å². The normalized spacial score (nSPS) is 23.4. The molecule has 3 N–H and O–H groups in total. The summed E-state index contributed by atoms with van der Waals surface area (Å²) >= 11 is 0. The highest BCUT2D eigenvalue weighted by atomic mass is 16.3. The molecule has 2 unspecified atom stereocenters. The Bertz CT molecular complexity index is 378. The number of benzene rings is 1. The summed E-state index contributed by atoms with van der Waals surface area (Å²) in [5.41, 5.74) is 8.78. The summed E-state index contributed by atoms with van der Waals surface area (Å²) in [6.45, 7) is 5.25. The predicted molar refractivity (Wildman–Crippen MR) is 69.7 cm³/mol. The first kappa shape index (κ1) is 12.6. The zero-order valence-corrected chi connectivity index (χ0v) is 10.6. The van der Waals surface area contributed by atoms with Crippen LogP contribution in [0.2, 0.25) is 0 Å². The van der Waals surface area contributed by atoms with Crippen LogP contribution in [0.15, 0.2) is 24.3 Å². The van der Waals surface area contributed by atoms with Crippen LogP contribution in [0.25, 0.3) is 0 Å². The molecule has 1 aliphatic rings. The number of rotatable bonds is 4. The molecule has 0 heterocycles. The van der Waals surface area contributed by atoms with Gasteiger partial charge in [-0.25, -0.2) is 0 Å². The van der Waals surface area contributed by atoms with Crippen molar-refractivity contribution >= 4 is 0 Å². The summed E-state index contributed by atoms with van der Waals surface area (Å²) < 4.78 is 0. The maximum atomic E-state index is 9.19. The van der Waals surface area contributed by atoms with Gasteiger partial charge in [-0.15, -0.1) is 0 Å². The quantitative estimate of drug-likeness (QED) is 0.835. The SMILES string of the molecule is CC(C)N(CCO)C1CC(N)c2ccccc21. The number of nitrogens with two attached hydrogens (primary N) is 1. The van der Waals surface area contributed by atoms with Gasteiger partial charge in [0.05, 0.1) is 6.61 Å². The first-order chi connectivity index (χ1) is 8.15. The maximum absolute atomic E-state index is 9.19. The molecule has 0 amide bonds. The van der Waals surface area contributed by atoms with E-state index >= 15 is 0 Å². The Morgan fingerprint density at radius 2 is 2.00 bits per heavy atom. The molecule has 0 aromatic heterocycles. The molecule has 0 saturated heterocycles. The van der Waals surface area contributed by atoms with E-state index in [9.17, 15) is 5.11 Å². The topological polar surface area (TPSA) is 49.5 Å². The molecule has 2 rings (SSSR count). The summed E-state index contributed by atoms with van der Waals surface area (Å²) in [7, 11) is 0. The van der Waals surface area contributed by atoms with Crippen molar-refractivity contribution in [2.45, 2.75) is 38.4 Å². The molecule has 94 valence electrons. The molecule has 0 saturated carbocycles. The van der Waals surface area contributed by atoms with Crippen molar-refractivity contribution in [1.82, 2.24) is 4.90 Å². The van der Waals surface area contributed by atoms with Gasteiger partial charge in [-0.3, -0.25) is 4.90 Å². The summed E-state index contributed by atoms with van der Waals surface area (Å²) in [6.07, 6.45) is 0.956. The van der Waals surface area contributed by atoms with Crippen molar-refractivity contribution in [3.8, 4) is 0 Å². The van der Waals surface area contributed by atoms with Crippen molar-refractivity contribution < 1.29 is 5.11 Å². The second-order valence-electron chi connectivity index (χ2n) is 5.04. The van der Waals surface area contributed by atoms with E-state index in [0.29, 0.717) is 18.6 Å². The van der Waals surface area contributed by atoms with Crippen molar-refractivity contribution in [2.24, 2.45) is 5.73 Å². The Morgan fingerprint density at radius 3 is 2.59 bits per heavy atom. The largest absolute Gasteiger partial charge is 0.395 e. The summed E-state index contributed by atoms with van der Waals surface area (Å²) in [6, 6.07) is 9.32. The fraction of sp³-hybridized carbons (Fsp3) is 0.571. The van der Waals surface area contributed by atoms with Crippen LogP contribution in [0.1, 0.15) is 43.5 Å². The van der Waals surface area contributed by atoms with Crippen LogP contribution in [-0.2, 0) is 0 Å². The Kier molecular flexibility index (Phi) is 3.82. The molecule has 2 atom stereocenters. The molecule has 0 spiro atoms. The first-order valence-electron chi connectivity index (χ1n) is 6.36. The lowest BCUT2D eigenvalue weighted by molar-refractivity contribution is 0.115. The minimum Gasteiger partial charge on any atom is -0.395 e. The van der Waals surface area contributed by atoms with Gasteiger partial charge in [-0.2, -0.15) is 0 Å². The number of hydrogen-bond acceptors (Lipinski definition) is 3. The van der Waals surface area contributed by atoms with Gasteiger partial charge in [0.2, 0.25) is 0 Å². The number of aliphatic hydroxyl groups is 1. The van der Waals surface area contributed by atoms with E-state index in [0.717, 1.165) is 6.42 Å². The Morgan fingerprint density at radius 1 is 1.35 bits per heavy atom. The van der Waals surface area contributed by atoms with E-state index in [-0.39, 0.29) is 12.6 Å². The third kappa shape index (κ3) is 2.37. The minimum absolute atomic E-state index is 0.135. The van der Waals surface area contributed by atoms with Gasteiger partial charge < -0.3 is 10.8 Å². The molecule has 17 heavy (non-hydrogen) atoms. The van der Waals surface area contributed by atoms with Crippen LogP contribution in [0, 0.1) is 0 Å². The standard InChI is InChI=1S/C14H22N2O/c1-10(2)16(7-8-17)14-9-13(15)11-5-3-4-6-12(11)14/h3-6,10,13-14,17H,7-9,15H2,1-2H3. The second-order valence-corrected chi connectivity index (χ2v) is 5.04. The third-order valence-electron chi connectivity index (χ3n) is 3.65. The summed E-state index contributed by atoms with van der Waals surface area (Å²) in [4.78, 5) is 2.34. The number of aliphatic hydroxyl groups excluding tert-OH is 1. The molecule has 1 aliphatic carbocycles. The fourth-order valence-corrected chi connectivity index (χ4v) is 2.85. The Hall–Kier alpha value is -0.900. The average molecular weight is 234 g/mol. The van der Waals surface area contributed by atoms with Gasteiger partial charge in [0.15, 0.2) is 0 Å². The molecule has 3 heteroatoms.